The van der Waals surface area contributed by atoms with Crippen LogP contribution in [-0.2, 0) is 27.3 Å². The van der Waals surface area contributed by atoms with Crippen molar-refractivity contribution in [3.8, 4) is 0 Å². The van der Waals surface area contributed by atoms with Crippen molar-refractivity contribution in [2.45, 2.75) is 62.9 Å². The predicted molar refractivity (Wildman–Crippen MR) is 106 cm³/mol. The lowest BCUT2D eigenvalue weighted by atomic mass is 9.92. The second-order valence-electron chi connectivity index (χ2n) is 8.26. The molecule has 0 bridgehead atoms. The Morgan fingerprint density at radius 3 is 2.62 bits per heavy atom. The molecule has 2 fully saturated rings. The van der Waals surface area contributed by atoms with Gasteiger partial charge < -0.3 is 26.4 Å². The highest BCUT2D eigenvalue weighted by Crippen LogP contribution is 2.22. The van der Waals surface area contributed by atoms with E-state index in [1.54, 1.807) is 0 Å². The van der Waals surface area contributed by atoms with Gasteiger partial charge in [0.2, 0.25) is 11.8 Å². The first kappa shape index (κ1) is 19.8. The van der Waals surface area contributed by atoms with Gasteiger partial charge in [0.25, 0.3) is 5.91 Å². The van der Waals surface area contributed by atoms with Crippen LogP contribution in [0.4, 0.5) is 0 Å². The minimum absolute atomic E-state index is 0.0937. The molecule has 1 aromatic rings. The molecule has 1 aromatic carbocycles. The fraction of sp³-hybridized carbons (Fsp3) is 0.571. The molecule has 1 saturated carbocycles. The van der Waals surface area contributed by atoms with Gasteiger partial charge in [-0.3, -0.25) is 14.4 Å². The summed E-state index contributed by atoms with van der Waals surface area (Å²) in [5.41, 5.74) is 2.28. The average Bonchev–Trinajstić information content (AvgIpc) is 3.46. The van der Waals surface area contributed by atoms with Crippen LogP contribution in [0.2, 0.25) is 0 Å². The molecule has 2 unspecified atom stereocenters. The Kier molecular flexibility index (Phi) is 5.82. The Labute approximate surface area is 169 Å². The number of fused-ring (bicyclic) bond motifs is 1. The van der Waals surface area contributed by atoms with Gasteiger partial charge in [-0.05, 0) is 43.2 Å². The lowest BCUT2D eigenvalue weighted by Gasteiger charge is -2.30. The van der Waals surface area contributed by atoms with Crippen LogP contribution in [0.15, 0.2) is 24.3 Å². The van der Waals surface area contributed by atoms with Crippen molar-refractivity contribution < 1.29 is 19.5 Å². The van der Waals surface area contributed by atoms with E-state index in [4.69, 9.17) is 0 Å². The van der Waals surface area contributed by atoms with Crippen molar-refractivity contribution in [2.24, 2.45) is 5.92 Å². The Balaban J connectivity index is 1.43. The molecule has 1 saturated heterocycles. The van der Waals surface area contributed by atoms with E-state index >= 15 is 0 Å². The summed E-state index contributed by atoms with van der Waals surface area (Å²) < 4.78 is 0. The molecule has 0 spiro atoms. The van der Waals surface area contributed by atoms with Crippen LogP contribution in [0.5, 0.6) is 0 Å². The van der Waals surface area contributed by atoms with Gasteiger partial charge >= 0.3 is 0 Å². The fourth-order valence-electron chi connectivity index (χ4n) is 4.06. The maximum absolute atomic E-state index is 12.9. The molecule has 8 heteroatoms. The molecular formula is C21H28N4O4. The number of aliphatic hydroxyl groups excluding tert-OH is 1. The molecule has 3 aliphatic rings. The molecule has 8 nitrogen and oxygen atoms in total. The Hall–Kier alpha value is -2.45. The van der Waals surface area contributed by atoms with Gasteiger partial charge in [-0.15, -0.1) is 0 Å². The van der Waals surface area contributed by atoms with Crippen molar-refractivity contribution in [2.75, 3.05) is 6.54 Å². The van der Waals surface area contributed by atoms with E-state index in [0.29, 0.717) is 25.9 Å². The molecule has 4 rings (SSSR count). The van der Waals surface area contributed by atoms with E-state index in [9.17, 15) is 19.5 Å². The highest BCUT2D eigenvalue weighted by Gasteiger charge is 2.37. The minimum atomic E-state index is -1.39. The van der Waals surface area contributed by atoms with Crippen molar-refractivity contribution in [3.63, 3.8) is 0 Å². The maximum Gasteiger partial charge on any atom is 0.251 e. The first-order chi connectivity index (χ1) is 14.0. The molecule has 0 aromatic heterocycles. The largest absolute Gasteiger partial charge is 0.381 e. The van der Waals surface area contributed by atoms with E-state index in [0.717, 1.165) is 18.4 Å². The number of hydrogen-bond acceptors (Lipinski definition) is 5. The van der Waals surface area contributed by atoms with E-state index in [2.05, 4.69) is 21.3 Å². The van der Waals surface area contributed by atoms with Gasteiger partial charge in [0.1, 0.15) is 0 Å². The summed E-state index contributed by atoms with van der Waals surface area (Å²) in [5, 5.41) is 22.2. The van der Waals surface area contributed by atoms with Crippen molar-refractivity contribution in [1.82, 2.24) is 21.3 Å². The summed E-state index contributed by atoms with van der Waals surface area (Å²) in [7, 11) is 0. The summed E-state index contributed by atoms with van der Waals surface area (Å²) in [4.78, 5) is 37.3. The van der Waals surface area contributed by atoms with Crippen LogP contribution in [0.25, 0.3) is 0 Å². The van der Waals surface area contributed by atoms with Gasteiger partial charge in [-0.25, -0.2) is 0 Å². The molecule has 2 heterocycles. The molecular weight excluding hydrogens is 372 g/mol. The number of nitrogens with one attached hydrogen (secondary N) is 4. The molecule has 0 radical (unpaired) electrons. The zero-order chi connectivity index (χ0) is 20.4. The first-order valence-electron chi connectivity index (χ1n) is 10.4. The smallest absolute Gasteiger partial charge is 0.251 e. The van der Waals surface area contributed by atoms with Crippen molar-refractivity contribution in [1.29, 1.82) is 0 Å². The Bertz CT molecular complexity index is 795. The van der Waals surface area contributed by atoms with Crippen LogP contribution >= 0.6 is 0 Å². The average molecular weight is 400 g/mol. The second kappa shape index (κ2) is 8.51. The lowest BCUT2D eigenvalue weighted by molar-refractivity contribution is -0.134. The molecule has 156 valence electrons. The Morgan fingerprint density at radius 1 is 1.17 bits per heavy atom. The van der Waals surface area contributed by atoms with Crippen molar-refractivity contribution >= 4 is 17.7 Å². The summed E-state index contributed by atoms with van der Waals surface area (Å²) in [6.07, 6.45) is 1.85. The normalized spacial score (nSPS) is 25.5. The minimum Gasteiger partial charge on any atom is -0.381 e. The molecule has 29 heavy (non-hydrogen) atoms. The predicted octanol–water partition coefficient (Wildman–Crippen LogP) is -0.649. The first-order valence-corrected chi connectivity index (χ1v) is 10.4. The van der Waals surface area contributed by atoms with Crippen LogP contribution in [0.3, 0.4) is 0 Å². The van der Waals surface area contributed by atoms with Crippen LogP contribution in [0, 0.1) is 5.92 Å². The number of carbonyl (C=O) groups excluding carboxylic acids is 3. The highest BCUT2D eigenvalue weighted by atomic mass is 16.3. The maximum atomic E-state index is 12.9. The summed E-state index contributed by atoms with van der Waals surface area (Å²) in [6, 6.07) is 6.82. The fourth-order valence-corrected chi connectivity index (χ4v) is 4.06. The zero-order valence-corrected chi connectivity index (χ0v) is 16.3. The number of aliphatic hydroxyl groups is 1. The van der Waals surface area contributed by atoms with E-state index in [-0.39, 0.29) is 30.2 Å². The third kappa shape index (κ3) is 4.76. The number of hydrogen-bond donors (Lipinski definition) is 5. The van der Waals surface area contributed by atoms with Gasteiger partial charge in [-0.1, -0.05) is 24.3 Å². The topological polar surface area (TPSA) is 120 Å². The number of amides is 3. The molecule has 1 aliphatic carbocycles. The van der Waals surface area contributed by atoms with E-state index < -0.39 is 24.1 Å². The SMILES string of the molecule is O=C(N[C@@H](C[C@@H]1CCNC1=O)C(O)C(=O)NC1CC1)C1Cc2ccccc2CN1. The molecule has 5 N–H and O–H groups in total. The zero-order valence-electron chi connectivity index (χ0n) is 16.3. The monoisotopic (exact) mass is 400 g/mol. The van der Waals surface area contributed by atoms with Crippen molar-refractivity contribution in [3.05, 3.63) is 35.4 Å². The molecule has 4 atom stereocenters. The van der Waals surface area contributed by atoms with Gasteiger partial charge in [0.05, 0.1) is 12.1 Å². The quantitative estimate of drug-likeness (QED) is 0.417. The highest BCUT2D eigenvalue weighted by molar-refractivity contribution is 5.86. The third-order valence-electron chi connectivity index (χ3n) is 6.00. The number of benzene rings is 1. The lowest BCUT2D eigenvalue weighted by Crippen LogP contribution is -2.56. The van der Waals surface area contributed by atoms with Crippen LogP contribution in [-0.4, -0.2) is 53.6 Å². The van der Waals surface area contributed by atoms with Crippen LogP contribution < -0.4 is 21.3 Å². The van der Waals surface area contributed by atoms with Gasteiger partial charge in [0, 0.05) is 25.0 Å². The summed E-state index contributed by atoms with van der Waals surface area (Å²) >= 11 is 0. The number of rotatable bonds is 7. The standard InChI is InChI=1S/C21H28N4O4/c26-18(21(29)24-15-5-6-15)16(10-13-7-8-22-19(13)27)25-20(28)17-9-12-3-1-2-4-14(12)11-23-17/h1-4,13,15-18,23,26H,5-11H2,(H,22,27)(H,24,29)(H,25,28)/t13-,16-,17?,18?/m0/s1. The molecule has 3 amide bonds. The molecule has 2 aliphatic heterocycles. The van der Waals surface area contributed by atoms with Gasteiger partial charge in [0.15, 0.2) is 6.10 Å². The van der Waals surface area contributed by atoms with E-state index in [1.807, 2.05) is 24.3 Å². The Morgan fingerprint density at radius 2 is 1.93 bits per heavy atom. The van der Waals surface area contributed by atoms with Crippen LogP contribution in [0.1, 0.15) is 36.8 Å². The number of carbonyl (C=O) groups is 3. The second-order valence-corrected chi connectivity index (χ2v) is 8.26. The van der Waals surface area contributed by atoms with E-state index in [1.165, 1.54) is 5.56 Å². The van der Waals surface area contributed by atoms with Gasteiger partial charge in [-0.2, -0.15) is 0 Å². The summed E-state index contributed by atoms with van der Waals surface area (Å²) in [5.74, 6) is -1.16. The summed E-state index contributed by atoms with van der Waals surface area (Å²) in [6.45, 7) is 1.17. The third-order valence-corrected chi connectivity index (χ3v) is 6.00.